The van der Waals surface area contributed by atoms with Crippen molar-refractivity contribution in [3.8, 4) is 0 Å². The van der Waals surface area contributed by atoms with Gasteiger partial charge in [0.15, 0.2) is 0 Å². The fraction of sp³-hybridized carbons (Fsp3) is 0.706. The number of hydrogen-bond acceptors (Lipinski definition) is 2. The summed E-state index contributed by atoms with van der Waals surface area (Å²) in [5, 5.41) is 0. The number of unbranched alkanes of at least 4 members (excludes halogenated alkanes) is 1. The monoisotopic (exact) mass is 266 g/mol. The van der Waals surface area contributed by atoms with Crippen LogP contribution in [0.4, 0.5) is 0 Å². The predicted molar refractivity (Wildman–Crippen MR) is 82.1 cm³/mol. The van der Waals surface area contributed by atoms with E-state index >= 15 is 0 Å². The van der Waals surface area contributed by atoms with Crippen LogP contribution in [-0.4, -0.2) is 12.6 Å². The van der Waals surface area contributed by atoms with Crippen LogP contribution >= 0.6 is 0 Å². The molecule has 0 aliphatic heterocycles. The maximum absolute atomic E-state index is 11.3. The molecular weight excluding hydrogens is 236 g/mol. The number of esters is 1. The quantitative estimate of drug-likeness (QED) is 0.332. The van der Waals surface area contributed by atoms with Crippen molar-refractivity contribution in [3.63, 3.8) is 0 Å². The summed E-state index contributed by atoms with van der Waals surface area (Å²) in [7, 11) is 0. The Bertz CT molecular complexity index is 307. The molecule has 0 aliphatic rings. The van der Waals surface area contributed by atoms with Crippen LogP contribution in [0.25, 0.3) is 0 Å². The minimum Gasteiger partial charge on any atom is -0.466 e. The Morgan fingerprint density at radius 3 is 2.37 bits per heavy atom. The van der Waals surface area contributed by atoms with Crippen molar-refractivity contribution in [1.29, 1.82) is 0 Å². The van der Waals surface area contributed by atoms with E-state index in [2.05, 4.69) is 32.9 Å². The second kappa shape index (κ2) is 10.8. The highest BCUT2D eigenvalue weighted by atomic mass is 16.5. The molecular formula is C17H30O2. The summed E-state index contributed by atoms with van der Waals surface area (Å²) in [6.45, 7) is 11.0. The fourth-order valence-electron chi connectivity index (χ4n) is 1.70. The van der Waals surface area contributed by atoms with E-state index < -0.39 is 0 Å². The van der Waals surface area contributed by atoms with E-state index in [0.717, 1.165) is 25.7 Å². The number of ether oxygens (including phenoxy) is 1. The Morgan fingerprint density at radius 2 is 1.79 bits per heavy atom. The number of rotatable bonds is 9. The van der Waals surface area contributed by atoms with Gasteiger partial charge in [-0.05, 0) is 52.4 Å². The molecule has 0 spiro atoms. The maximum Gasteiger partial charge on any atom is 0.306 e. The van der Waals surface area contributed by atoms with Crippen LogP contribution in [0, 0.1) is 5.92 Å². The normalized spacial score (nSPS) is 11.6. The molecule has 0 aliphatic carbocycles. The molecule has 0 bridgehead atoms. The lowest BCUT2D eigenvalue weighted by atomic mass is 10.1. The number of carbonyl (C=O) groups excluding carboxylic acids is 1. The van der Waals surface area contributed by atoms with Crippen LogP contribution in [0.3, 0.4) is 0 Å². The molecule has 0 N–H and O–H groups in total. The van der Waals surface area contributed by atoms with E-state index in [1.54, 1.807) is 0 Å². The molecule has 0 fully saturated rings. The summed E-state index contributed by atoms with van der Waals surface area (Å²) in [5.41, 5.74) is 2.80. The van der Waals surface area contributed by atoms with E-state index in [1.807, 2.05) is 13.8 Å². The van der Waals surface area contributed by atoms with Crippen molar-refractivity contribution in [2.24, 2.45) is 5.92 Å². The molecule has 19 heavy (non-hydrogen) atoms. The van der Waals surface area contributed by atoms with Gasteiger partial charge in [-0.3, -0.25) is 4.79 Å². The zero-order valence-electron chi connectivity index (χ0n) is 13.3. The molecule has 0 radical (unpaired) electrons. The molecule has 0 unspecified atom stereocenters. The largest absolute Gasteiger partial charge is 0.466 e. The van der Waals surface area contributed by atoms with Crippen LogP contribution in [0.15, 0.2) is 23.3 Å². The minimum atomic E-state index is -0.0701. The molecule has 0 amide bonds. The van der Waals surface area contributed by atoms with E-state index in [0.29, 0.717) is 18.9 Å². The lowest BCUT2D eigenvalue weighted by Crippen LogP contribution is -2.08. The smallest absolute Gasteiger partial charge is 0.306 e. The van der Waals surface area contributed by atoms with Crippen molar-refractivity contribution < 1.29 is 9.53 Å². The van der Waals surface area contributed by atoms with Gasteiger partial charge in [0.25, 0.3) is 0 Å². The molecule has 0 saturated heterocycles. The molecule has 0 atom stereocenters. The Morgan fingerprint density at radius 1 is 1.11 bits per heavy atom. The van der Waals surface area contributed by atoms with E-state index in [1.165, 1.54) is 11.1 Å². The second-order valence-corrected chi connectivity index (χ2v) is 5.83. The van der Waals surface area contributed by atoms with Gasteiger partial charge in [-0.2, -0.15) is 0 Å². The molecule has 2 nitrogen and oxygen atoms in total. The molecule has 2 heteroatoms. The standard InChI is InChI=1S/C17H30O2/c1-14(2)9-8-11-16(5)10-6-7-12-19-17(18)13-15(3)4/h9-10,15H,6-8,11-13H2,1-5H3. The van der Waals surface area contributed by atoms with Gasteiger partial charge in [0.1, 0.15) is 0 Å². The van der Waals surface area contributed by atoms with Crippen LogP contribution in [0.5, 0.6) is 0 Å². The number of carbonyl (C=O) groups is 1. The van der Waals surface area contributed by atoms with Crippen molar-refractivity contribution in [3.05, 3.63) is 23.3 Å². The van der Waals surface area contributed by atoms with Crippen LogP contribution < -0.4 is 0 Å². The van der Waals surface area contributed by atoms with Gasteiger partial charge in [0.05, 0.1) is 6.61 Å². The van der Waals surface area contributed by atoms with Gasteiger partial charge in [0, 0.05) is 6.42 Å². The molecule has 0 rings (SSSR count). The SMILES string of the molecule is CC(C)=CCCC(C)=CCCCOC(=O)CC(C)C. The Hall–Kier alpha value is -1.05. The third kappa shape index (κ3) is 13.2. The highest BCUT2D eigenvalue weighted by molar-refractivity contribution is 5.69. The van der Waals surface area contributed by atoms with Crippen molar-refractivity contribution in [2.75, 3.05) is 6.61 Å². The van der Waals surface area contributed by atoms with Gasteiger partial charge < -0.3 is 4.74 Å². The molecule has 0 heterocycles. The average molecular weight is 266 g/mol. The van der Waals surface area contributed by atoms with Gasteiger partial charge in [0.2, 0.25) is 0 Å². The third-order valence-corrected chi connectivity index (χ3v) is 2.77. The van der Waals surface area contributed by atoms with E-state index in [9.17, 15) is 4.79 Å². The van der Waals surface area contributed by atoms with Crippen molar-refractivity contribution in [2.45, 2.75) is 66.7 Å². The molecule has 0 aromatic carbocycles. The zero-order chi connectivity index (χ0) is 14.7. The number of hydrogen-bond donors (Lipinski definition) is 0. The Balaban J connectivity index is 3.61. The average Bonchev–Trinajstić information content (AvgIpc) is 2.26. The summed E-state index contributed by atoms with van der Waals surface area (Å²) in [4.78, 5) is 11.3. The summed E-state index contributed by atoms with van der Waals surface area (Å²) in [5.74, 6) is 0.309. The first-order chi connectivity index (χ1) is 8.91. The van der Waals surface area contributed by atoms with Gasteiger partial charge in [-0.1, -0.05) is 37.1 Å². The van der Waals surface area contributed by atoms with E-state index in [-0.39, 0.29) is 5.97 Å². The highest BCUT2D eigenvalue weighted by Crippen LogP contribution is 2.09. The van der Waals surface area contributed by atoms with E-state index in [4.69, 9.17) is 4.74 Å². The van der Waals surface area contributed by atoms with Crippen molar-refractivity contribution >= 4 is 5.97 Å². The van der Waals surface area contributed by atoms with Gasteiger partial charge >= 0.3 is 5.97 Å². The lowest BCUT2D eigenvalue weighted by Gasteiger charge is -2.05. The van der Waals surface area contributed by atoms with Crippen LogP contribution in [0.1, 0.15) is 66.7 Å². The Labute approximate surface area is 118 Å². The molecule has 0 aromatic heterocycles. The molecule has 0 aromatic rings. The fourth-order valence-corrected chi connectivity index (χ4v) is 1.70. The van der Waals surface area contributed by atoms with Gasteiger partial charge in [-0.15, -0.1) is 0 Å². The maximum atomic E-state index is 11.3. The first kappa shape index (κ1) is 17.9. The summed E-state index contributed by atoms with van der Waals surface area (Å²) >= 11 is 0. The summed E-state index contributed by atoms with van der Waals surface area (Å²) < 4.78 is 5.17. The zero-order valence-corrected chi connectivity index (χ0v) is 13.3. The summed E-state index contributed by atoms with van der Waals surface area (Å²) in [6.07, 6.45) is 9.21. The highest BCUT2D eigenvalue weighted by Gasteiger charge is 2.04. The molecule has 0 saturated carbocycles. The van der Waals surface area contributed by atoms with Crippen LogP contribution in [0.2, 0.25) is 0 Å². The van der Waals surface area contributed by atoms with Crippen LogP contribution in [-0.2, 0) is 9.53 Å². The first-order valence-corrected chi connectivity index (χ1v) is 7.36. The second-order valence-electron chi connectivity index (χ2n) is 5.83. The Kier molecular flexibility index (Phi) is 10.2. The van der Waals surface area contributed by atoms with Crippen molar-refractivity contribution in [1.82, 2.24) is 0 Å². The topological polar surface area (TPSA) is 26.3 Å². The molecule has 110 valence electrons. The lowest BCUT2D eigenvalue weighted by molar-refractivity contribution is -0.144. The predicted octanol–water partition coefficient (Wildman–Crippen LogP) is 5.05. The minimum absolute atomic E-state index is 0.0701. The van der Waals surface area contributed by atoms with Gasteiger partial charge in [-0.25, -0.2) is 0 Å². The summed E-state index contributed by atoms with van der Waals surface area (Å²) in [6, 6.07) is 0. The first-order valence-electron chi connectivity index (χ1n) is 7.36. The third-order valence-electron chi connectivity index (χ3n) is 2.77. The number of allylic oxidation sites excluding steroid dienone is 4.